The molecule has 5 nitrogen and oxygen atoms in total. The van der Waals surface area contributed by atoms with E-state index in [1.165, 1.54) is 0 Å². The number of benzene rings is 1. The molecule has 0 spiro atoms. The summed E-state index contributed by atoms with van der Waals surface area (Å²) in [6, 6.07) is 0.268. The van der Waals surface area contributed by atoms with Gasteiger partial charge in [-0.05, 0) is 31.0 Å². The second kappa shape index (κ2) is 7.36. The van der Waals surface area contributed by atoms with Crippen LogP contribution >= 0.6 is 0 Å². The van der Waals surface area contributed by atoms with E-state index in [0.717, 1.165) is 12.8 Å². The van der Waals surface area contributed by atoms with E-state index in [1.807, 2.05) is 0 Å². The molecular formula is C18H17F6N3O2. The maximum atomic E-state index is 13.0. The standard InChI is InChI=1S/C18H17F6N3O2/c19-17(20,21)8-5-9(18(22,23)24)7-10(6-8)26-13-14(16(29)15(13)28)27-12-4-2-1-3-11(12)25/h5-7,11-12,26-27H,1-4,25H2. The summed E-state index contributed by atoms with van der Waals surface area (Å²) >= 11 is 0. The Morgan fingerprint density at radius 2 is 1.34 bits per heavy atom. The van der Waals surface area contributed by atoms with Gasteiger partial charge in [-0.1, -0.05) is 12.8 Å². The molecule has 2 unspecified atom stereocenters. The maximum absolute atomic E-state index is 13.0. The van der Waals surface area contributed by atoms with Crippen LogP contribution in [0, 0.1) is 0 Å². The van der Waals surface area contributed by atoms with Crippen LogP contribution in [0.25, 0.3) is 0 Å². The fourth-order valence-electron chi connectivity index (χ4n) is 3.34. The van der Waals surface area contributed by atoms with Crippen LogP contribution < -0.4 is 27.2 Å². The molecule has 0 saturated heterocycles. The first kappa shape index (κ1) is 21.2. The van der Waals surface area contributed by atoms with Gasteiger partial charge in [0.25, 0.3) is 10.9 Å². The molecule has 0 aromatic heterocycles. The van der Waals surface area contributed by atoms with E-state index >= 15 is 0 Å². The van der Waals surface area contributed by atoms with Crippen molar-refractivity contribution in [2.24, 2.45) is 5.73 Å². The number of nitrogens with two attached hydrogens (primary N) is 1. The van der Waals surface area contributed by atoms with Gasteiger partial charge in [-0.2, -0.15) is 26.3 Å². The van der Waals surface area contributed by atoms with E-state index in [0.29, 0.717) is 25.0 Å². The highest BCUT2D eigenvalue weighted by Gasteiger charge is 2.37. The van der Waals surface area contributed by atoms with E-state index in [-0.39, 0.29) is 29.5 Å². The third kappa shape index (κ3) is 4.39. The minimum absolute atomic E-state index is 0.0203. The van der Waals surface area contributed by atoms with E-state index in [9.17, 15) is 35.9 Å². The molecular weight excluding hydrogens is 404 g/mol. The van der Waals surface area contributed by atoms with Gasteiger partial charge in [0.2, 0.25) is 0 Å². The minimum Gasteiger partial charge on any atom is -0.376 e. The van der Waals surface area contributed by atoms with Crippen LogP contribution in [0.4, 0.5) is 43.4 Å². The molecule has 0 aliphatic heterocycles. The predicted octanol–water partition coefficient (Wildman–Crippen LogP) is 3.75. The Kier molecular flexibility index (Phi) is 5.37. The first-order valence-electron chi connectivity index (χ1n) is 8.80. The van der Waals surface area contributed by atoms with Gasteiger partial charge in [0.15, 0.2) is 0 Å². The van der Waals surface area contributed by atoms with Crippen LogP contribution in [-0.2, 0) is 12.4 Å². The van der Waals surface area contributed by atoms with Crippen molar-refractivity contribution in [1.29, 1.82) is 0 Å². The Balaban J connectivity index is 1.93. The van der Waals surface area contributed by atoms with E-state index in [4.69, 9.17) is 5.73 Å². The summed E-state index contributed by atoms with van der Waals surface area (Å²) in [5.41, 5.74) is -0.167. The van der Waals surface area contributed by atoms with Gasteiger partial charge in [-0.25, -0.2) is 0 Å². The van der Waals surface area contributed by atoms with Gasteiger partial charge >= 0.3 is 12.4 Å². The van der Waals surface area contributed by atoms with Crippen molar-refractivity contribution in [2.45, 2.75) is 50.1 Å². The molecule has 29 heavy (non-hydrogen) atoms. The molecule has 2 atom stereocenters. The average Bonchev–Trinajstić information content (AvgIpc) is 2.64. The third-order valence-corrected chi connectivity index (χ3v) is 4.92. The van der Waals surface area contributed by atoms with Gasteiger partial charge < -0.3 is 16.4 Å². The number of nitrogens with one attached hydrogen (secondary N) is 2. The number of rotatable bonds is 4. The Bertz CT molecular complexity index is 943. The smallest absolute Gasteiger partial charge is 0.376 e. The van der Waals surface area contributed by atoms with Gasteiger partial charge in [0, 0.05) is 17.8 Å². The summed E-state index contributed by atoms with van der Waals surface area (Å²) < 4.78 is 77.9. The summed E-state index contributed by atoms with van der Waals surface area (Å²) in [4.78, 5) is 23.8. The number of hydrogen-bond acceptors (Lipinski definition) is 5. The molecule has 1 aliphatic carbocycles. The Hall–Kier alpha value is -2.56. The quantitative estimate of drug-likeness (QED) is 0.518. The van der Waals surface area contributed by atoms with Crippen molar-refractivity contribution >= 4 is 17.1 Å². The van der Waals surface area contributed by atoms with Crippen molar-refractivity contribution < 1.29 is 26.3 Å². The molecule has 1 fully saturated rings. The summed E-state index contributed by atoms with van der Waals surface area (Å²) in [6.07, 6.45) is -6.99. The Morgan fingerprint density at radius 3 is 1.86 bits per heavy atom. The van der Waals surface area contributed by atoms with Crippen LogP contribution in [0.15, 0.2) is 27.8 Å². The van der Waals surface area contributed by atoms with Crippen LogP contribution in [0.2, 0.25) is 0 Å². The molecule has 0 radical (unpaired) electrons. The lowest BCUT2D eigenvalue weighted by molar-refractivity contribution is -0.143. The second-order valence-electron chi connectivity index (χ2n) is 7.03. The fraction of sp³-hybridized carbons (Fsp3) is 0.444. The van der Waals surface area contributed by atoms with Crippen LogP contribution in [-0.4, -0.2) is 12.1 Å². The zero-order valence-corrected chi connectivity index (χ0v) is 14.9. The molecule has 0 heterocycles. The molecule has 2 aromatic rings. The molecule has 158 valence electrons. The van der Waals surface area contributed by atoms with Gasteiger partial charge in [0.1, 0.15) is 11.4 Å². The lowest BCUT2D eigenvalue weighted by Gasteiger charge is -2.31. The highest BCUT2D eigenvalue weighted by atomic mass is 19.4. The van der Waals surface area contributed by atoms with Crippen molar-refractivity contribution in [2.75, 3.05) is 10.6 Å². The van der Waals surface area contributed by atoms with Crippen molar-refractivity contribution in [3.8, 4) is 0 Å². The molecule has 2 aromatic carbocycles. The monoisotopic (exact) mass is 421 g/mol. The van der Waals surface area contributed by atoms with Gasteiger partial charge in [-0.15, -0.1) is 0 Å². The molecule has 0 amide bonds. The molecule has 0 bridgehead atoms. The van der Waals surface area contributed by atoms with Crippen LogP contribution in [0.3, 0.4) is 0 Å². The highest BCUT2D eigenvalue weighted by Crippen LogP contribution is 2.38. The topological polar surface area (TPSA) is 84.2 Å². The molecule has 11 heteroatoms. The minimum atomic E-state index is -5.03. The maximum Gasteiger partial charge on any atom is 0.416 e. The van der Waals surface area contributed by atoms with Crippen LogP contribution in [0.1, 0.15) is 36.8 Å². The number of hydrogen-bond donors (Lipinski definition) is 3. The number of anilines is 3. The lowest BCUT2D eigenvalue weighted by Crippen LogP contribution is -2.46. The largest absolute Gasteiger partial charge is 0.416 e. The fourth-order valence-corrected chi connectivity index (χ4v) is 3.34. The van der Waals surface area contributed by atoms with Gasteiger partial charge in [0.05, 0.1) is 11.1 Å². The average molecular weight is 421 g/mol. The van der Waals surface area contributed by atoms with Gasteiger partial charge in [-0.3, -0.25) is 9.59 Å². The molecule has 1 saturated carbocycles. The Morgan fingerprint density at radius 1 is 0.828 bits per heavy atom. The SMILES string of the molecule is NC1CCCCC1Nc1c(Nc2cc(C(F)(F)F)cc(C(F)(F)F)c2)c(=O)c1=O. The lowest BCUT2D eigenvalue weighted by atomic mass is 9.90. The van der Waals surface area contributed by atoms with E-state index in [2.05, 4.69) is 10.6 Å². The van der Waals surface area contributed by atoms with Crippen molar-refractivity contribution in [3.05, 3.63) is 49.8 Å². The Labute approximate surface area is 160 Å². The molecule has 3 rings (SSSR count). The summed E-state index contributed by atoms with van der Waals surface area (Å²) in [6.45, 7) is 0. The zero-order chi connectivity index (χ0) is 21.6. The predicted molar refractivity (Wildman–Crippen MR) is 94.9 cm³/mol. The highest BCUT2D eigenvalue weighted by molar-refractivity contribution is 5.79. The van der Waals surface area contributed by atoms with Crippen molar-refractivity contribution in [1.82, 2.24) is 0 Å². The first-order valence-corrected chi connectivity index (χ1v) is 8.80. The molecule has 4 N–H and O–H groups in total. The van der Waals surface area contributed by atoms with Crippen molar-refractivity contribution in [3.63, 3.8) is 0 Å². The number of alkyl halides is 6. The summed E-state index contributed by atoms with van der Waals surface area (Å²) in [5, 5.41) is 5.07. The summed E-state index contributed by atoms with van der Waals surface area (Å²) in [5.74, 6) is 0. The zero-order valence-electron chi connectivity index (χ0n) is 14.9. The van der Waals surface area contributed by atoms with E-state index < -0.39 is 40.0 Å². The first-order chi connectivity index (χ1) is 13.4. The number of halogens is 6. The third-order valence-electron chi connectivity index (χ3n) is 4.92. The van der Waals surface area contributed by atoms with Crippen LogP contribution in [0.5, 0.6) is 0 Å². The normalized spacial score (nSPS) is 20.7. The summed E-state index contributed by atoms with van der Waals surface area (Å²) in [7, 11) is 0. The molecule has 1 aliphatic rings. The van der Waals surface area contributed by atoms with E-state index in [1.54, 1.807) is 0 Å². The second-order valence-corrected chi connectivity index (χ2v) is 7.03.